The summed E-state index contributed by atoms with van der Waals surface area (Å²) in [6, 6.07) is 0. The summed E-state index contributed by atoms with van der Waals surface area (Å²) in [6.45, 7) is 3.26. The number of ketones is 1. The molecule has 5 N–H and O–H groups in total. The van der Waals surface area contributed by atoms with E-state index in [1.54, 1.807) is 0 Å². The maximum absolute atomic E-state index is 12.0. The summed E-state index contributed by atoms with van der Waals surface area (Å²) >= 11 is 0. The van der Waals surface area contributed by atoms with Gasteiger partial charge in [0.25, 0.3) is 0 Å². The highest BCUT2D eigenvalue weighted by atomic mass is 16.6. The van der Waals surface area contributed by atoms with E-state index in [9.17, 15) is 35.1 Å². The first kappa shape index (κ1) is 33.9. The molecule has 208 valence electrons. The number of hydrogen-bond donors (Lipinski definition) is 5. The lowest BCUT2D eigenvalue weighted by Gasteiger charge is -2.22. The first-order chi connectivity index (χ1) is 16.7. The van der Waals surface area contributed by atoms with Crippen LogP contribution in [0.1, 0.15) is 129 Å². The molecule has 0 aromatic carbocycles. The van der Waals surface area contributed by atoms with Crippen LogP contribution in [0.25, 0.3) is 0 Å². The molecule has 0 heterocycles. The minimum Gasteiger partial charge on any atom is -0.433 e. The largest absolute Gasteiger partial charge is 0.433 e. The smallest absolute Gasteiger partial charge is 0.305 e. The second-order valence-electron chi connectivity index (χ2n) is 9.88. The van der Waals surface area contributed by atoms with E-state index in [0.29, 0.717) is 19.3 Å². The fourth-order valence-corrected chi connectivity index (χ4v) is 4.17. The van der Waals surface area contributed by atoms with Gasteiger partial charge in [0, 0.05) is 13.3 Å². The van der Waals surface area contributed by atoms with Gasteiger partial charge < -0.3 is 30.3 Å². The summed E-state index contributed by atoms with van der Waals surface area (Å²) in [6.07, 6.45) is 10.9. The molecule has 5 atom stereocenters. The Morgan fingerprint density at radius 3 is 1.49 bits per heavy atom. The van der Waals surface area contributed by atoms with E-state index >= 15 is 0 Å². The van der Waals surface area contributed by atoms with Crippen molar-refractivity contribution in [3.05, 3.63) is 0 Å². The second kappa shape index (κ2) is 22.2. The Labute approximate surface area is 212 Å². The van der Waals surface area contributed by atoms with Crippen molar-refractivity contribution in [1.82, 2.24) is 0 Å². The molecular weight excluding hydrogens is 452 g/mol. The quantitative estimate of drug-likeness (QED) is 0.0755. The Kier molecular flexibility index (Phi) is 21.5. The number of aliphatic hydroxyl groups excluding tert-OH is 5. The van der Waals surface area contributed by atoms with Gasteiger partial charge in [-0.1, -0.05) is 96.8 Å². The first-order valence-corrected chi connectivity index (χ1v) is 13.8. The van der Waals surface area contributed by atoms with Crippen LogP contribution >= 0.6 is 0 Å². The Hall–Kier alpha value is -1.06. The molecule has 0 aliphatic heterocycles. The fraction of sp³-hybridized carbons (Fsp3) is 0.926. The van der Waals surface area contributed by atoms with Crippen molar-refractivity contribution in [2.45, 2.75) is 160 Å². The summed E-state index contributed by atoms with van der Waals surface area (Å²) in [5.41, 5.74) is 0. The van der Waals surface area contributed by atoms with Crippen LogP contribution in [0.3, 0.4) is 0 Å². The third-order valence-corrected chi connectivity index (χ3v) is 6.38. The van der Waals surface area contributed by atoms with E-state index in [-0.39, 0.29) is 12.5 Å². The Bertz CT molecular complexity index is 527. The van der Waals surface area contributed by atoms with Crippen molar-refractivity contribution < 1.29 is 39.9 Å². The highest BCUT2D eigenvalue weighted by Gasteiger charge is 2.32. The third kappa shape index (κ3) is 19.8. The van der Waals surface area contributed by atoms with Gasteiger partial charge >= 0.3 is 5.97 Å². The minimum absolute atomic E-state index is 0.326. The molecule has 8 heteroatoms. The second-order valence-corrected chi connectivity index (χ2v) is 9.88. The topological polar surface area (TPSA) is 145 Å². The molecule has 0 aliphatic carbocycles. The molecule has 0 spiro atoms. The Morgan fingerprint density at radius 1 is 0.629 bits per heavy atom. The molecule has 0 radical (unpaired) electrons. The van der Waals surface area contributed by atoms with Gasteiger partial charge in [-0.2, -0.15) is 0 Å². The molecule has 0 aliphatic rings. The summed E-state index contributed by atoms with van der Waals surface area (Å²) in [7, 11) is 0. The van der Waals surface area contributed by atoms with Gasteiger partial charge in [0.15, 0.2) is 5.78 Å². The normalized spacial score (nSPS) is 15.9. The fourth-order valence-electron chi connectivity index (χ4n) is 4.17. The molecule has 5 unspecified atom stereocenters. The molecule has 0 aromatic heterocycles. The van der Waals surface area contributed by atoms with E-state index in [2.05, 4.69) is 11.7 Å². The highest BCUT2D eigenvalue weighted by Crippen LogP contribution is 2.16. The van der Waals surface area contributed by atoms with Crippen molar-refractivity contribution in [1.29, 1.82) is 0 Å². The van der Waals surface area contributed by atoms with Crippen LogP contribution < -0.4 is 0 Å². The van der Waals surface area contributed by atoms with E-state index in [0.717, 1.165) is 32.6 Å². The van der Waals surface area contributed by atoms with Crippen LogP contribution in [0, 0.1) is 0 Å². The zero-order valence-corrected chi connectivity index (χ0v) is 22.1. The number of esters is 1. The van der Waals surface area contributed by atoms with Crippen molar-refractivity contribution >= 4 is 11.8 Å². The number of carbonyl (C=O) groups excluding carboxylic acids is 2. The predicted octanol–water partition coefficient (Wildman–Crippen LogP) is 3.92. The summed E-state index contributed by atoms with van der Waals surface area (Å²) < 4.78 is 4.33. The molecule has 0 saturated heterocycles. The van der Waals surface area contributed by atoms with Crippen molar-refractivity contribution in [2.75, 3.05) is 0 Å². The monoisotopic (exact) mass is 504 g/mol. The molecule has 0 bridgehead atoms. The van der Waals surface area contributed by atoms with Crippen molar-refractivity contribution in [3.8, 4) is 0 Å². The Balaban J connectivity index is 3.69. The molecule has 0 fully saturated rings. The summed E-state index contributed by atoms with van der Waals surface area (Å²) in [5, 5.41) is 49.0. The van der Waals surface area contributed by atoms with Crippen LogP contribution in [0.4, 0.5) is 0 Å². The van der Waals surface area contributed by atoms with Crippen LogP contribution in [-0.2, 0) is 14.3 Å². The first-order valence-electron chi connectivity index (χ1n) is 13.8. The number of carbonyl (C=O) groups is 2. The van der Waals surface area contributed by atoms with Crippen LogP contribution in [-0.4, -0.2) is 68.0 Å². The third-order valence-electron chi connectivity index (χ3n) is 6.38. The zero-order valence-electron chi connectivity index (χ0n) is 22.1. The number of ether oxygens (including phenoxy) is 1. The number of rotatable bonds is 24. The van der Waals surface area contributed by atoms with Crippen LogP contribution in [0.5, 0.6) is 0 Å². The summed E-state index contributed by atoms with van der Waals surface area (Å²) in [4.78, 5) is 22.7. The minimum atomic E-state index is -2.02. The van der Waals surface area contributed by atoms with E-state index in [4.69, 9.17) is 0 Å². The lowest BCUT2D eigenvalue weighted by molar-refractivity contribution is -0.198. The van der Waals surface area contributed by atoms with Gasteiger partial charge in [-0.3, -0.25) is 9.59 Å². The lowest BCUT2D eigenvalue weighted by Crippen LogP contribution is -2.44. The van der Waals surface area contributed by atoms with Crippen molar-refractivity contribution in [2.24, 2.45) is 0 Å². The average molecular weight is 505 g/mol. The standard InChI is InChI=1S/C27H52O8/c1-3-4-5-6-7-8-9-10-11-12-13-14-17-22(29)18-15-16-19-23(30)20-24(31)25(32)26(33)27(34)35-21(2)28/h22-23,25-27,29-30,32-34H,3-20H2,1-2H3. The summed E-state index contributed by atoms with van der Waals surface area (Å²) in [5.74, 6) is -1.71. The lowest BCUT2D eigenvalue weighted by atomic mass is 9.98. The van der Waals surface area contributed by atoms with Gasteiger partial charge in [0.2, 0.25) is 6.29 Å². The van der Waals surface area contributed by atoms with Gasteiger partial charge in [-0.25, -0.2) is 0 Å². The molecule has 0 aromatic rings. The number of Topliss-reactive ketones (excluding diaryl/α,β-unsaturated/α-hetero) is 1. The number of unbranched alkanes of at least 4 members (excludes halogenated alkanes) is 12. The number of hydrogen-bond acceptors (Lipinski definition) is 8. The molecule has 0 amide bonds. The van der Waals surface area contributed by atoms with E-state index < -0.39 is 36.4 Å². The molecular formula is C27H52O8. The predicted molar refractivity (Wildman–Crippen MR) is 136 cm³/mol. The molecule has 8 nitrogen and oxygen atoms in total. The molecule has 0 rings (SSSR count). The van der Waals surface area contributed by atoms with Gasteiger partial charge in [0.1, 0.15) is 12.2 Å². The maximum Gasteiger partial charge on any atom is 0.305 e. The average Bonchev–Trinajstić information content (AvgIpc) is 2.81. The van der Waals surface area contributed by atoms with Gasteiger partial charge in [-0.05, 0) is 19.3 Å². The van der Waals surface area contributed by atoms with E-state index in [1.807, 2.05) is 0 Å². The number of aliphatic hydroxyl groups is 5. The molecule has 0 saturated carbocycles. The SMILES string of the molecule is CCCCCCCCCCCCCCC(O)CCCCC(O)CC(=O)C(O)C(O)C(O)OC(C)=O. The molecule has 35 heavy (non-hydrogen) atoms. The zero-order chi connectivity index (χ0) is 26.5. The van der Waals surface area contributed by atoms with Crippen LogP contribution in [0.15, 0.2) is 0 Å². The van der Waals surface area contributed by atoms with Gasteiger partial charge in [0.05, 0.1) is 12.2 Å². The van der Waals surface area contributed by atoms with E-state index in [1.165, 1.54) is 64.2 Å². The van der Waals surface area contributed by atoms with Gasteiger partial charge in [-0.15, -0.1) is 0 Å². The Morgan fingerprint density at radius 2 is 1.03 bits per heavy atom. The highest BCUT2D eigenvalue weighted by molar-refractivity contribution is 5.83. The van der Waals surface area contributed by atoms with Crippen molar-refractivity contribution in [3.63, 3.8) is 0 Å². The van der Waals surface area contributed by atoms with Crippen LogP contribution in [0.2, 0.25) is 0 Å². The maximum atomic E-state index is 12.0.